The van der Waals surface area contributed by atoms with Gasteiger partial charge in [0.25, 0.3) is 5.91 Å². The van der Waals surface area contributed by atoms with Gasteiger partial charge in [-0.2, -0.15) is 5.10 Å². The Balaban J connectivity index is 1.95. The molecule has 2 aromatic rings. The molecule has 0 saturated heterocycles. The maximum absolute atomic E-state index is 12.6. The molecule has 0 radical (unpaired) electrons. The molecule has 1 amide bonds. The first-order valence-electron chi connectivity index (χ1n) is 9.29. The van der Waals surface area contributed by atoms with Crippen molar-refractivity contribution >= 4 is 23.5 Å². The van der Waals surface area contributed by atoms with Crippen LogP contribution < -0.4 is 0 Å². The molecule has 152 valence electrons. The molecule has 1 heterocycles. The summed E-state index contributed by atoms with van der Waals surface area (Å²) in [5, 5.41) is 5.06. The van der Waals surface area contributed by atoms with E-state index in [1.165, 1.54) is 0 Å². The van der Waals surface area contributed by atoms with E-state index in [0.29, 0.717) is 23.6 Å². The number of hydrogen-bond acceptors (Lipinski definition) is 4. The molecule has 0 bridgehead atoms. The number of aryl methyl sites for hydroxylation is 1. The molecule has 2 rings (SSSR count). The van der Waals surface area contributed by atoms with E-state index in [-0.39, 0.29) is 18.3 Å². The summed E-state index contributed by atoms with van der Waals surface area (Å²) in [6.07, 6.45) is 0.839. The Bertz CT molecular complexity index is 851. The van der Waals surface area contributed by atoms with Gasteiger partial charge in [0.15, 0.2) is 0 Å². The third kappa shape index (κ3) is 5.58. The lowest BCUT2D eigenvalue weighted by molar-refractivity contribution is -0.154. The summed E-state index contributed by atoms with van der Waals surface area (Å²) in [6, 6.07) is 7.23. The summed E-state index contributed by atoms with van der Waals surface area (Å²) in [4.78, 5) is 26.0. The first-order chi connectivity index (χ1) is 13.0. The molecule has 0 unspecified atom stereocenters. The number of rotatable bonds is 6. The first kappa shape index (κ1) is 22.0. The average molecular weight is 406 g/mol. The van der Waals surface area contributed by atoms with Crippen molar-refractivity contribution in [1.29, 1.82) is 0 Å². The number of amides is 1. The predicted molar refractivity (Wildman–Crippen MR) is 110 cm³/mol. The van der Waals surface area contributed by atoms with Crippen molar-refractivity contribution in [2.24, 2.45) is 0 Å². The molecule has 0 atom stereocenters. The molecular weight excluding hydrogens is 378 g/mol. The zero-order chi connectivity index (χ0) is 21.1. The van der Waals surface area contributed by atoms with Crippen molar-refractivity contribution in [3.05, 3.63) is 46.2 Å². The van der Waals surface area contributed by atoms with Crippen molar-refractivity contribution < 1.29 is 14.3 Å². The lowest BCUT2D eigenvalue weighted by atomic mass is 10.1. The first-order valence-corrected chi connectivity index (χ1v) is 9.67. The Hall–Kier alpha value is -2.34. The molecule has 28 heavy (non-hydrogen) atoms. The van der Waals surface area contributed by atoms with Gasteiger partial charge in [0.05, 0.1) is 22.1 Å². The van der Waals surface area contributed by atoms with Crippen molar-refractivity contribution in [3.8, 4) is 5.69 Å². The monoisotopic (exact) mass is 405 g/mol. The molecule has 1 aromatic heterocycles. The minimum absolute atomic E-state index is 0.0952. The molecule has 0 spiro atoms. The van der Waals surface area contributed by atoms with Crippen molar-refractivity contribution in [1.82, 2.24) is 14.7 Å². The Kier molecular flexibility index (Phi) is 6.88. The smallest absolute Gasteiger partial charge is 0.306 e. The van der Waals surface area contributed by atoms with Crippen molar-refractivity contribution in [2.75, 3.05) is 13.6 Å². The highest BCUT2D eigenvalue weighted by atomic mass is 35.5. The van der Waals surface area contributed by atoms with Gasteiger partial charge in [0, 0.05) is 25.6 Å². The van der Waals surface area contributed by atoms with Gasteiger partial charge in [0.2, 0.25) is 0 Å². The zero-order valence-corrected chi connectivity index (χ0v) is 18.1. The topological polar surface area (TPSA) is 64.4 Å². The van der Waals surface area contributed by atoms with Gasteiger partial charge in [-0.15, -0.1) is 0 Å². The predicted octanol–water partition coefficient (Wildman–Crippen LogP) is 4.34. The minimum atomic E-state index is -0.490. The maximum Gasteiger partial charge on any atom is 0.306 e. The summed E-state index contributed by atoms with van der Waals surface area (Å²) in [5.41, 5.74) is 2.56. The molecule has 1 aromatic carbocycles. The van der Waals surface area contributed by atoms with Gasteiger partial charge in [0.1, 0.15) is 5.60 Å². The highest BCUT2D eigenvalue weighted by Gasteiger charge is 2.17. The third-order valence-corrected chi connectivity index (χ3v) is 4.75. The lowest BCUT2D eigenvalue weighted by Gasteiger charge is -2.20. The molecule has 6 nitrogen and oxygen atoms in total. The summed E-state index contributed by atoms with van der Waals surface area (Å²) >= 11 is 6.20. The van der Waals surface area contributed by atoms with Gasteiger partial charge in [-0.3, -0.25) is 9.59 Å². The van der Waals surface area contributed by atoms with Crippen LogP contribution in [0.5, 0.6) is 0 Å². The Labute approximate surface area is 171 Å². The Morgan fingerprint density at radius 2 is 1.79 bits per heavy atom. The normalized spacial score (nSPS) is 11.4. The van der Waals surface area contributed by atoms with Gasteiger partial charge < -0.3 is 9.64 Å². The molecule has 7 heteroatoms. The maximum atomic E-state index is 12.6. The van der Waals surface area contributed by atoms with Gasteiger partial charge >= 0.3 is 5.97 Å². The number of halogens is 1. The molecule has 0 aliphatic heterocycles. The van der Waals surface area contributed by atoms with Crippen LogP contribution in [0.4, 0.5) is 0 Å². The number of hydrogen-bond donors (Lipinski definition) is 0. The second-order valence-corrected chi connectivity index (χ2v) is 8.24. The van der Waals surface area contributed by atoms with Crippen molar-refractivity contribution in [3.63, 3.8) is 0 Å². The van der Waals surface area contributed by atoms with E-state index in [1.54, 1.807) is 28.8 Å². The average Bonchev–Trinajstić information content (AvgIpc) is 2.87. The fourth-order valence-corrected chi connectivity index (χ4v) is 2.91. The SMILES string of the molecule is Cc1nn(-c2ccc(C(=O)N(C)CCCC(=O)OC(C)(C)C)cc2)c(C)c1Cl. The van der Waals surface area contributed by atoms with Gasteiger partial charge in [-0.05, 0) is 65.3 Å². The summed E-state index contributed by atoms with van der Waals surface area (Å²) < 4.78 is 7.04. The summed E-state index contributed by atoms with van der Waals surface area (Å²) in [5.74, 6) is -0.344. The van der Waals surface area contributed by atoms with Gasteiger partial charge in [-0.25, -0.2) is 4.68 Å². The lowest BCUT2D eigenvalue weighted by Crippen LogP contribution is -2.29. The van der Waals surface area contributed by atoms with E-state index in [0.717, 1.165) is 17.1 Å². The van der Waals surface area contributed by atoms with E-state index in [2.05, 4.69) is 5.10 Å². The molecule has 0 N–H and O–H groups in total. The number of aromatic nitrogens is 2. The van der Waals surface area contributed by atoms with Crippen LogP contribution in [0.2, 0.25) is 5.02 Å². The van der Waals surface area contributed by atoms with E-state index in [4.69, 9.17) is 16.3 Å². The number of carbonyl (C=O) groups excluding carboxylic acids is 2. The van der Waals surface area contributed by atoms with E-state index >= 15 is 0 Å². The molecule has 0 fully saturated rings. The van der Waals surface area contributed by atoms with Crippen LogP contribution >= 0.6 is 11.6 Å². The molecule has 0 aliphatic carbocycles. The van der Waals surface area contributed by atoms with E-state index < -0.39 is 5.60 Å². The quantitative estimate of drug-likeness (QED) is 0.670. The number of carbonyl (C=O) groups is 2. The summed E-state index contributed by atoms with van der Waals surface area (Å²) in [6.45, 7) is 9.75. The number of ether oxygens (including phenoxy) is 1. The van der Waals surface area contributed by atoms with Crippen LogP contribution in [-0.2, 0) is 9.53 Å². The fourth-order valence-electron chi connectivity index (χ4n) is 2.80. The Morgan fingerprint density at radius 3 is 2.29 bits per heavy atom. The van der Waals surface area contributed by atoms with Gasteiger partial charge in [-0.1, -0.05) is 11.6 Å². The van der Waals surface area contributed by atoms with Crippen LogP contribution in [0.15, 0.2) is 24.3 Å². The number of esters is 1. The molecular formula is C21H28ClN3O3. The number of benzene rings is 1. The highest BCUT2D eigenvalue weighted by Crippen LogP contribution is 2.22. The largest absolute Gasteiger partial charge is 0.460 e. The van der Waals surface area contributed by atoms with Crippen molar-refractivity contribution in [2.45, 2.75) is 53.1 Å². The fraction of sp³-hybridized carbons (Fsp3) is 0.476. The Morgan fingerprint density at radius 1 is 1.18 bits per heavy atom. The standard InChI is InChI=1S/C21H28ClN3O3/c1-14-19(22)15(2)25(23-14)17-11-9-16(10-12-17)20(27)24(6)13-7-8-18(26)28-21(3,4)5/h9-12H,7-8,13H2,1-6H3. The molecule has 0 saturated carbocycles. The van der Waals surface area contributed by atoms with E-state index in [1.807, 2.05) is 46.8 Å². The summed E-state index contributed by atoms with van der Waals surface area (Å²) in [7, 11) is 1.73. The minimum Gasteiger partial charge on any atom is -0.460 e. The van der Waals surface area contributed by atoms with Crippen LogP contribution in [0.1, 0.15) is 55.4 Å². The van der Waals surface area contributed by atoms with E-state index in [9.17, 15) is 9.59 Å². The second kappa shape index (κ2) is 8.78. The van der Waals surface area contributed by atoms with Crippen LogP contribution in [0.25, 0.3) is 5.69 Å². The van der Waals surface area contributed by atoms with Crippen LogP contribution in [-0.4, -0.2) is 45.8 Å². The number of nitrogens with zero attached hydrogens (tertiary/aromatic N) is 3. The third-order valence-electron chi connectivity index (χ3n) is 4.20. The molecule has 0 aliphatic rings. The zero-order valence-electron chi connectivity index (χ0n) is 17.4. The van der Waals surface area contributed by atoms with Crippen LogP contribution in [0.3, 0.4) is 0 Å². The van der Waals surface area contributed by atoms with Crippen LogP contribution in [0, 0.1) is 13.8 Å². The second-order valence-electron chi connectivity index (χ2n) is 7.86. The highest BCUT2D eigenvalue weighted by molar-refractivity contribution is 6.31.